The largest absolute Gasteiger partial charge is 0.497 e. The lowest BCUT2D eigenvalue weighted by atomic mass is 10.2. The molecular weight excluding hydrogens is 308 g/mol. The smallest absolute Gasteiger partial charge is 0.255 e. The van der Waals surface area contributed by atoms with Crippen molar-refractivity contribution in [1.82, 2.24) is 9.80 Å². The van der Waals surface area contributed by atoms with Crippen LogP contribution in [0.25, 0.3) is 0 Å². The molecule has 0 aliphatic carbocycles. The summed E-state index contributed by atoms with van der Waals surface area (Å²) in [5.74, 6) is 0.777. The Hall–Kier alpha value is -1.07. The predicted octanol–water partition coefficient (Wildman–Crippen LogP) is 2.24. The van der Waals surface area contributed by atoms with E-state index in [1.165, 1.54) is 0 Å². The molecule has 104 valence electrons. The Balaban J connectivity index is 2.18. The Bertz CT molecular complexity index is 465. The Morgan fingerprint density at radius 1 is 1.26 bits per heavy atom. The summed E-state index contributed by atoms with van der Waals surface area (Å²) in [6, 6.07) is 5.49. The molecule has 0 bridgehead atoms. The highest BCUT2D eigenvalue weighted by Gasteiger charge is 2.21. The van der Waals surface area contributed by atoms with Crippen LogP contribution >= 0.6 is 15.9 Å². The second-order valence-corrected chi connectivity index (χ2v) is 5.65. The normalized spacial score (nSPS) is 17.1. The first-order chi connectivity index (χ1) is 9.11. The number of nitrogens with zero attached hydrogens (tertiary/aromatic N) is 2. The molecule has 0 N–H and O–H groups in total. The summed E-state index contributed by atoms with van der Waals surface area (Å²) in [6.07, 6.45) is 1.02. The minimum atomic E-state index is 0.0704. The van der Waals surface area contributed by atoms with E-state index in [0.29, 0.717) is 11.3 Å². The number of carbonyl (C=O) groups is 1. The predicted molar refractivity (Wildman–Crippen MR) is 78.7 cm³/mol. The van der Waals surface area contributed by atoms with Crippen LogP contribution in [-0.2, 0) is 0 Å². The molecule has 1 saturated heterocycles. The molecule has 1 aliphatic heterocycles. The molecule has 0 spiro atoms. The van der Waals surface area contributed by atoms with E-state index in [0.717, 1.165) is 37.1 Å². The molecule has 0 aromatic heterocycles. The molecule has 0 atom stereocenters. The van der Waals surface area contributed by atoms with Crippen molar-refractivity contribution < 1.29 is 9.53 Å². The molecule has 0 unspecified atom stereocenters. The molecule has 1 aromatic carbocycles. The lowest BCUT2D eigenvalue weighted by Gasteiger charge is -2.21. The Morgan fingerprint density at radius 2 is 2.05 bits per heavy atom. The van der Waals surface area contributed by atoms with Gasteiger partial charge in [-0.15, -0.1) is 0 Å². The van der Waals surface area contributed by atoms with Crippen molar-refractivity contribution in [1.29, 1.82) is 0 Å². The quantitative estimate of drug-likeness (QED) is 0.835. The Morgan fingerprint density at radius 3 is 2.79 bits per heavy atom. The number of benzene rings is 1. The van der Waals surface area contributed by atoms with E-state index < -0.39 is 0 Å². The summed E-state index contributed by atoms with van der Waals surface area (Å²) in [6.45, 7) is 3.56. The fourth-order valence-electron chi connectivity index (χ4n) is 2.22. The van der Waals surface area contributed by atoms with Crippen molar-refractivity contribution in [3.05, 3.63) is 28.2 Å². The Labute approximate surface area is 122 Å². The third-order valence-electron chi connectivity index (χ3n) is 3.41. The van der Waals surface area contributed by atoms with Crippen LogP contribution in [0.4, 0.5) is 0 Å². The molecule has 19 heavy (non-hydrogen) atoms. The average Bonchev–Trinajstić information content (AvgIpc) is 2.63. The second-order valence-electron chi connectivity index (χ2n) is 4.79. The van der Waals surface area contributed by atoms with E-state index in [1.807, 2.05) is 17.0 Å². The zero-order valence-corrected chi connectivity index (χ0v) is 12.9. The first-order valence-electron chi connectivity index (χ1n) is 6.43. The van der Waals surface area contributed by atoms with Crippen LogP contribution in [0, 0.1) is 0 Å². The van der Waals surface area contributed by atoms with Gasteiger partial charge in [0.05, 0.1) is 12.7 Å². The van der Waals surface area contributed by atoms with E-state index in [2.05, 4.69) is 27.9 Å². The second kappa shape index (κ2) is 6.39. The van der Waals surface area contributed by atoms with Gasteiger partial charge in [-0.2, -0.15) is 0 Å². The van der Waals surface area contributed by atoms with E-state index in [-0.39, 0.29) is 5.91 Å². The minimum Gasteiger partial charge on any atom is -0.497 e. The van der Waals surface area contributed by atoms with Gasteiger partial charge in [-0.25, -0.2) is 0 Å². The zero-order valence-electron chi connectivity index (χ0n) is 11.4. The zero-order chi connectivity index (χ0) is 13.8. The molecule has 1 aromatic rings. The molecule has 4 nitrogen and oxygen atoms in total. The number of rotatable bonds is 2. The summed E-state index contributed by atoms with van der Waals surface area (Å²) >= 11 is 3.44. The van der Waals surface area contributed by atoms with E-state index in [1.54, 1.807) is 13.2 Å². The first-order valence-corrected chi connectivity index (χ1v) is 7.22. The van der Waals surface area contributed by atoms with Crippen molar-refractivity contribution in [3.8, 4) is 5.75 Å². The summed E-state index contributed by atoms with van der Waals surface area (Å²) < 4.78 is 6.00. The number of likely N-dealkylation sites (N-methyl/N-ethyl adjacent to an activating group) is 1. The number of methoxy groups -OCH3 is 1. The fraction of sp³-hybridized carbons (Fsp3) is 0.500. The highest BCUT2D eigenvalue weighted by Crippen LogP contribution is 2.24. The van der Waals surface area contributed by atoms with Crippen molar-refractivity contribution in [2.24, 2.45) is 0 Å². The number of carbonyl (C=O) groups excluding carboxylic acids is 1. The Kier molecular flexibility index (Phi) is 4.82. The maximum Gasteiger partial charge on any atom is 0.255 e. The van der Waals surface area contributed by atoms with Gasteiger partial charge in [-0.05, 0) is 54.1 Å². The number of halogens is 1. The third kappa shape index (κ3) is 3.48. The molecule has 1 aliphatic rings. The van der Waals surface area contributed by atoms with Crippen molar-refractivity contribution in [2.45, 2.75) is 6.42 Å². The van der Waals surface area contributed by atoms with Gasteiger partial charge in [0.1, 0.15) is 5.75 Å². The van der Waals surface area contributed by atoms with Gasteiger partial charge in [0, 0.05) is 24.1 Å². The SMILES string of the molecule is COc1ccc(Br)c(C(=O)N2CCCN(C)CC2)c1. The van der Waals surface area contributed by atoms with Crippen molar-refractivity contribution in [3.63, 3.8) is 0 Å². The van der Waals surface area contributed by atoms with Gasteiger partial charge in [0.2, 0.25) is 0 Å². The highest BCUT2D eigenvalue weighted by atomic mass is 79.9. The van der Waals surface area contributed by atoms with Gasteiger partial charge in [-0.1, -0.05) is 0 Å². The number of hydrogen-bond donors (Lipinski definition) is 0. The van der Waals surface area contributed by atoms with Gasteiger partial charge < -0.3 is 14.5 Å². The molecule has 5 heteroatoms. The average molecular weight is 327 g/mol. The lowest BCUT2D eigenvalue weighted by molar-refractivity contribution is 0.0761. The van der Waals surface area contributed by atoms with Gasteiger partial charge >= 0.3 is 0 Å². The first kappa shape index (κ1) is 14.3. The topological polar surface area (TPSA) is 32.8 Å². The van der Waals surface area contributed by atoms with E-state index in [9.17, 15) is 4.79 Å². The van der Waals surface area contributed by atoms with Crippen molar-refractivity contribution >= 4 is 21.8 Å². The molecule has 1 fully saturated rings. The molecule has 1 heterocycles. The maximum atomic E-state index is 12.6. The fourth-order valence-corrected chi connectivity index (χ4v) is 2.63. The number of hydrogen-bond acceptors (Lipinski definition) is 3. The van der Waals surface area contributed by atoms with Crippen LogP contribution in [0.2, 0.25) is 0 Å². The number of ether oxygens (including phenoxy) is 1. The molecular formula is C14H19BrN2O2. The van der Waals surface area contributed by atoms with Crippen LogP contribution in [-0.4, -0.2) is 56.0 Å². The molecule has 0 saturated carbocycles. The van der Waals surface area contributed by atoms with Gasteiger partial charge in [0.25, 0.3) is 5.91 Å². The summed E-state index contributed by atoms with van der Waals surface area (Å²) in [5.41, 5.74) is 0.670. The molecule has 1 amide bonds. The third-order valence-corrected chi connectivity index (χ3v) is 4.10. The number of amides is 1. The highest BCUT2D eigenvalue weighted by molar-refractivity contribution is 9.10. The summed E-state index contributed by atoms with van der Waals surface area (Å²) in [7, 11) is 3.70. The maximum absolute atomic E-state index is 12.6. The lowest BCUT2D eigenvalue weighted by Crippen LogP contribution is -2.34. The minimum absolute atomic E-state index is 0.0704. The van der Waals surface area contributed by atoms with Crippen LogP contribution in [0.5, 0.6) is 5.75 Å². The summed E-state index contributed by atoms with van der Waals surface area (Å²) in [5, 5.41) is 0. The van der Waals surface area contributed by atoms with E-state index in [4.69, 9.17) is 4.74 Å². The van der Waals surface area contributed by atoms with E-state index >= 15 is 0 Å². The van der Waals surface area contributed by atoms with Gasteiger partial charge in [0.15, 0.2) is 0 Å². The summed E-state index contributed by atoms with van der Waals surface area (Å²) in [4.78, 5) is 16.7. The van der Waals surface area contributed by atoms with Crippen LogP contribution in [0.15, 0.2) is 22.7 Å². The molecule has 0 radical (unpaired) electrons. The molecule has 2 rings (SSSR count). The van der Waals surface area contributed by atoms with Crippen LogP contribution in [0.3, 0.4) is 0 Å². The van der Waals surface area contributed by atoms with Gasteiger partial charge in [-0.3, -0.25) is 4.79 Å². The van der Waals surface area contributed by atoms with Crippen LogP contribution in [0.1, 0.15) is 16.8 Å². The monoisotopic (exact) mass is 326 g/mol. The van der Waals surface area contributed by atoms with Crippen LogP contribution < -0.4 is 4.74 Å². The van der Waals surface area contributed by atoms with Crippen molar-refractivity contribution in [2.75, 3.05) is 40.3 Å². The standard InChI is InChI=1S/C14H19BrN2O2/c1-16-6-3-7-17(9-8-16)14(18)12-10-11(19-2)4-5-13(12)15/h4-5,10H,3,6-9H2,1-2H3.